The molecule has 2 saturated carbocycles. The van der Waals surface area contributed by atoms with Crippen molar-refractivity contribution in [3.8, 4) is 0 Å². The summed E-state index contributed by atoms with van der Waals surface area (Å²) in [7, 11) is 0. The van der Waals surface area contributed by atoms with Crippen LogP contribution in [-0.4, -0.2) is 53.7 Å². The molecule has 5 rings (SSSR count). The van der Waals surface area contributed by atoms with E-state index in [1.807, 2.05) is 26.8 Å². The normalized spacial score (nSPS) is 48.8. The second kappa shape index (κ2) is 7.89. The van der Waals surface area contributed by atoms with E-state index in [0.29, 0.717) is 19.3 Å². The fraction of sp³-hybridized carbons (Fsp3) is 0.778. The van der Waals surface area contributed by atoms with Gasteiger partial charge in [-0.1, -0.05) is 32.4 Å². The van der Waals surface area contributed by atoms with Crippen LogP contribution in [0.3, 0.4) is 0 Å². The Morgan fingerprint density at radius 2 is 1.83 bits per heavy atom. The molecule has 192 valence electrons. The third-order valence-corrected chi connectivity index (χ3v) is 10.5. The molecular weight excluding hydrogens is 452 g/mol. The number of fused-ring (bicyclic) bond motifs is 2. The zero-order valence-corrected chi connectivity index (χ0v) is 21.2. The Labute approximate surface area is 205 Å². The summed E-state index contributed by atoms with van der Waals surface area (Å²) in [4.78, 5) is 51.3. The Morgan fingerprint density at radius 1 is 1.14 bits per heavy atom. The van der Waals surface area contributed by atoms with Gasteiger partial charge in [0.1, 0.15) is 24.1 Å². The van der Waals surface area contributed by atoms with Crippen molar-refractivity contribution in [2.24, 2.45) is 39.9 Å². The minimum Gasteiger partial charge on any atom is -0.462 e. The molecular formula is C27H36O8. The van der Waals surface area contributed by atoms with Gasteiger partial charge >= 0.3 is 17.9 Å². The van der Waals surface area contributed by atoms with Gasteiger partial charge in [0.15, 0.2) is 0 Å². The molecule has 10 atom stereocenters. The highest BCUT2D eigenvalue weighted by Gasteiger charge is 2.75. The number of esters is 3. The first-order chi connectivity index (χ1) is 16.4. The lowest BCUT2D eigenvalue weighted by molar-refractivity contribution is -0.281. The maximum Gasteiger partial charge on any atom is 0.306 e. The van der Waals surface area contributed by atoms with E-state index in [9.17, 15) is 24.3 Å². The molecule has 0 amide bonds. The van der Waals surface area contributed by atoms with Crippen LogP contribution in [-0.2, 0) is 33.4 Å². The summed E-state index contributed by atoms with van der Waals surface area (Å²) in [5.41, 5.74) is -1.12. The maximum absolute atomic E-state index is 13.7. The Morgan fingerprint density at radius 3 is 2.49 bits per heavy atom. The van der Waals surface area contributed by atoms with Gasteiger partial charge in [-0.15, -0.1) is 0 Å². The topological polar surface area (TPSA) is 116 Å². The summed E-state index contributed by atoms with van der Waals surface area (Å²) < 4.78 is 17.8. The average molecular weight is 489 g/mol. The number of ketones is 1. The van der Waals surface area contributed by atoms with Crippen LogP contribution in [0.2, 0.25) is 0 Å². The molecule has 4 fully saturated rings. The van der Waals surface area contributed by atoms with E-state index in [4.69, 9.17) is 14.2 Å². The Kier molecular flexibility index (Phi) is 5.52. The molecule has 8 heteroatoms. The minimum absolute atomic E-state index is 0.109. The number of hydrogen-bond donors (Lipinski definition) is 1. The fourth-order valence-corrected chi connectivity index (χ4v) is 9.13. The van der Waals surface area contributed by atoms with E-state index in [2.05, 4.69) is 6.92 Å². The number of aliphatic hydroxyl groups is 1. The number of carbonyl (C=O) groups is 4. The number of ether oxygens (including phenoxy) is 3. The van der Waals surface area contributed by atoms with Crippen molar-refractivity contribution in [2.75, 3.05) is 6.61 Å². The van der Waals surface area contributed by atoms with Crippen molar-refractivity contribution in [3.63, 3.8) is 0 Å². The van der Waals surface area contributed by atoms with E-state index >= 15 is 0 Å². The molecule has 0 radical (unpaired) electrons. The van der Waals surface area contributed by atoms with Crippen LogP contribution in [0.15, 0.2) is 11.6 Å². The van der Waals surface area contributed by atoms with E-state index in [1.54, 1.807) is 0 Å². The molecule has 0 aromatic rings. The molecule has 0 spiro atoms. The van der Waals surface area contributed by atoms with Gasteiger partial charge in [-0.25, -0.2) is 0 Å². The Bertz CT molecular complexity index is 1020. The molecule has 8 nitrogen and oxygen atoms in total. The molecule has 5 aliphatic rings. The smallest absolute Gasteiger partial charge is 0.306 e. The second-order valence-corrected chi connectivity index (χ2v) is 12.1. The zero-order valence-electron chi connectivity index (χ0n) is 21.2. The fourth-order valence-electron chi connectivity index (χ4n) is 9.13. The predicted molar refractivity (Wildman–Crippen MR) is 123 cm³/mol. The van der Waals surface area contributed by atoms with Crippen molar-refractivity contribution < 1.29 is 38.5 Å². The van der Waals surface area contributed by atoms with Gasteiger partial charge in [0.2, 0.25) is 0 Å². The number of rotatable bonds is 3. The first-order valence-electron chi connectivity index (χ1n) is 12.7. The summed E-state index contributed by atoms with van der Waals surface area (Å²) in [6, 6.07) is 0. The van der Waals surface area contributed by atoms with Crippen molar-refractivity contribution in [1.82, 2.24) is 0 Å². The summed E-state index contributed by atoms with van der Waals surface area (Å²) >= 11 is 0. The standard InChI is InChI=1S/C27H36O8/c1-13-6-7-19(30)26(4)16(13)9-20-27(5)18(10-22(32)34-20)25(3,11-17(23(26)27)33-14(2)29)24-15(12-28)8-21(31)35-24/h6,15-18,20,23-24,28H,7-12H2,1-5H3/t15-,16+,17-,18+,20-,23-,24+,25-,26-,27-/m1/s1. The summed E-state index contributed by atoms with van der Waals surface area (Å²) in [6.07, 6.45) is 1.69. The third-order valence-electron chi connectivity index (χ3n) is 10.5. The first-order valence-corrected chi connectivity index (χ1v) is 12.7. The van der Waals surface area contributed by atoms with Crippen LogP contribution < -0.4 is 0 Å². The van der Waals surface area contributed by atoms with Gasteiger partial charge in [-0.05, 0) is 31.6 Å². The number of aliphatic hydroxyl groups excluding tert-OH is 1. The average Bonchev–Trinajstić information content (AvgIpc) is 3.16. The number of hydrogen-bond acceptors (Lipinski definition) is 8. The van der Waals surface area contributed by atoms with Gasteiger partial charge in [0.05, 0.1) is 13.0 Å². The lowest BCUT2D eigenvalue weighted by Gasteiger charge is -2.70. The quantitative estimate of drug-likeness (QED) is 0.366. The predicted octanol–water partition coefficient (Wildman–Crippen LogP) is 2.75. The van der Waals surface area contributed by atoms with Crippen LogP contribution in [0.5, 0.6) is 0 Å². The monoisotopic (exact) mass is 488 g/mol. The highest BCUT2D eigenvalue weighted by atomic mass is 16.6. The van der Waals surface area contributed by atoms with Crippen LogP contribution in [0.4, 0.5) is 0 Å². The number of carbonyl (C=O) groups excluding carboxylic acids is 4. The highest BCUT2D eigenvalue weighted by molar-refractivity contribution is 5.89. The molecule has 3 aliphatic carbocycles. The molecule has 2 heterocycles. The van der Waals surface area contributed by atoms with E-state index in [-0.39, 0.29) is 54.9 Å². The molecule has 2 aliphatic heterocycles. The Balaban J connectivity index is 1.71. The molecule has 0 aromatic heterocycles. The van der Waals surface area contributed by atoms with Crippen LogP contribution in [0.1, 0.15) is 66.7 Å². The lowest BCUT2D eigenvalue weighted by atomic mass is 9.36. The van der Waals surface area contributed by atoms with Gasteiger partial charge in [-0.2, -0.15) is 0 Å². The van der Waals surface area contributed by atoms with Crippen molar-refractivity contribution in [2.45, 2.75) is 85.0 Å². The molecule has 0 aromatic carbocycles. The summed E-state index contributed by atoms with van der Waals surface area (Å²) in [6.45, 7) is 9.24. The molecule has 1 N–H and O–H groups in total. The van der Waals surface area contributed by atoms with Crippen LogP contribution in [0.25, 0.3) is 0 Å². The van der Waals surface area contributed by atoms with Gasteiger partial charge in [-0.3, -0.25) is 19.2 Å². The molecule has 35 heavy (non-hydrogen) atoms. The number of Topliss-reactive ketones (excluding diaryl/α,β-unsaturated/α-hetero) is 1. The van der Waals surface area contributed by atoms with E-state index in [1.165, 1.54) is 6.92 Å². The van der Waals surface area contributed by atoms with Crippen molar-refractivity contribution in [3.05, 3.63) is 11.6 Å². The van der Waals surface area contributed by atoms with Gasteiger partial charge in [0.25, 0.3) is 0 Å². The highest BCUT2D eigenvalue weighted by Crippen LogP contribution is 2.71. The SMILES string of the molecule is CC(=O)O[C@@H]1C[C@@](C)([C@H]2OC(=O)C[C@@H]2CO)[C@@H]2CC(=O)O[C@@H]3C[C@H]4C(C)=CCC(=O)[C@]4(C)[C@@H]1[C@@]32C. The molecule has 0 bridgehead atoms. The second-order valence-electron chi connectivity index (χ2n) is 12.1. The molecule has 0 unspecified atom stereocenters. The number of allylic oxidation sites excluding steroid dienone is 2. The minimum atomic E-state index is -0.781. The Hall–Kier alpha value is -2.22. The maximum atomic E-state index is 13.7. The van der Waals surface area contributed by atoms with E-state index in [0.717, 1.165) is 5.57 Å². The molecule has 2 saturated heterocycles. The zero-order chi connectivity index (χ0) is 25.5. The van der Waals surface area contributed by atoms with Crippen molar-refractivity contribution >= 4 is 23.7 Å². The summed E-state index contributed by atoms with van der Waals surface area (Å²) in [5, 5.41) is 10.1. The largest absolute Gasteiger partial charge is 0.462 e. The number of cyclic esters (lactones) is 1. The van der Waals surface area contributed by atoms with Crippen molar-refractivity contribution in [1.29, 1.82) is 0 Å². The van der Waals surface area contributed by atoms with E-state index < -0.39 is 46.4 Å². The third kappa shape index (κ3) is 3.20. The summed E-state index contributed by atoms with van der Waals surface area (Å²) in [5.74, 6) is -2.16. The van der Waals surface area contributed by atoms with Crippen LogP contribution in [0, 0.1) is 39.9 Å². The lowest BCUT2D eigenvalue weighted by Crippen LogP contribution is -2.73. The van der Waals surface area contributed by atoms with Crippen LogP contribution >= 0.6 is 0 Å². The van der Waals surface area contributed by atoms with Gasteiger partial charge < -0.3 is 19.3 Å². The first kappa shape index (κ1) is 24.5. The van der Waals surface area contributed by atoms with Gasteiger partial charge in [0, 0.05) is 47.8 Å².